The Morgan fingerprint density at radius 1 is 1.12 bits per heavy atom. The largest absolute Gasteiger partial charge is 0.496 e. The molecular weight excluding hydrogens is 336 g/mol. The number of ether oxygens (including phenoxy) is 1. The summed E-state index contributed by atoms with van der Waals surface area (Å²) in [5, 5.41) is 6.38. The lowest BCUT2D eigenvalue weighted by molar-refractivity contribution is -0.120. The van der Waals surface area contributed by atoms with Crippen LogP contribution in [0.3, 0.4) is 0 Å². The highest BCUT2D eigenvalue weighted by Crippen LogP contribution is 2.30. The zero-order chi connectivity index (χ0) is 16.8. The molecular formula is C20H25ClN2O2. The fourth-order valence-corrected chi connectivity index (χ4v) is 2.81. The number of hydrogen-bond acceptors (Lipinski definition) is 3. The predicted octanol–water partition coefficient (Wildman–Crippen LogP) is 3.32. The lowest BCUT2D eigenvalue weighted by Gasteiger charge is -2.22. The Bertz CT molecular complexity index is 674. The molecule has 1 saturated carbocycles. The Hall–Kier alpha value is -2.04. The van der Waals surface area contributed by atoms with E-state index in [0.717, 1.165) is 29.3 Å². The second kappa shape index (κ2) is 9.44. The van der Waals surface area contributed by atoms with Crippen molar-refractivity contribution in [3.63, 3.8) is 0 Å². The smallest absolute Gasteiger partial charge is 0.234 e. The van der Waals surface area contributed by atoms with Gasteiger partial charge in [-0.25, -0.2) is 0 Å². The van der Waals surface area contributed by atoms with E-state index in [1.165, 1.54) is 12.8 Å². The van der Waals surface area contributed by atoms with Gasteiger partial charge >= 0.3 is 0 Å². The summed E-state index contributed by atoms with van der Waals surface area (Å²) in [5.41, 5.74) is 2.00. The Labute approximate surface area is 155 Å². The minimum Gasteiger partial charge on any atom is -0.496 e. The first-order valence-electron chi connectivity index (χ1n) is 8.46. The maximum Gasteiger partial charge on any atom is 0.234 e. The molecule has 2 aromatic rings. The summed E-state index contributed by atoms with van der Waals surface area (Å²) in [7, 11) is 1.65. The zero-order valence-electron chi connectivity index (χ0n) is 14.4. The van der Waals surface area contributed by atoms with Crippen molar-refractivity contribution in [2.45, 2.75) is 18.9 Å². The van der Waals surface area contributed by atoms with Crippen molar-refractivity contribution in [2.75, 3.05) is 20.2 Å². The predicted molar refractivity (Wildman–Crippen MR) is 102 cm³/mol. The lowest BCUT2D eigenvalue weighted by Crippen LogP contribution is -2.37. The number of para-hydroxylation sites is 1. The molecule has 1 atom stereocenters. The first kappa shape index (κ1) is 19.3. The molecule has 1 aliphatic rings. The Morgan fingerprint density at radius 3 is 2.48 bits per heavy atom. The molecule has 0 aliphatic heterocycles. The highest BCUT2D eigenvalue weighted by atomic mass is 35.5. The maximum atomic E-state index is 12.4. The molecule has 2 N–H and O–H groups in total. The number of halogens is 1. The van der Waals surface area contributed by atoms with E-state index < -0.39 is 0 Å². The molecule has 0 heterocycles. The van der Waals surface area contributed by atoms with Gasteiger partial charge in [0, 0.05) is 5.56 Å². The van der Waals surface area contributed by atoms with E-state index in [9.17, 15) is 4.79 Å². The van der Waals surface area contributed by atoms with E-state index in [4.69, 9.17) is 4.74 Å². The molecule has 1 fully saturated rings. The van der Waals surface area contributed by atoms with Crippen LogP contribution in [-0.2, 0) is 4.79 Å². The van der Waals surface area contributed by atoms with E-state index in [1.54, 1.807) is 7.11 Å². The van der Waals surface area contributed by atoms with E-state index in [2.05, 4.69) is 10.6 Å². The van der Waals surface area contributed by atoms with Crippen LogP contribution in [0.4, 0.5) is 0 Å². The number of carbonyl (C=O) groups is 1. The van der Waals surface area contributed by atoms with Gasteiger partial charge in [0.05, 0.1) is 19.7 Å². The number of benzene rings is 2. The van der Waals surface area contributed by atoms with Crippen LogP contribution >= 0.6 is 12.4 Å². The SMILES string of the molecule is COc1ccccc1C(NC(=O)CNCC1CC1)c1ccccc1.Cl. The number of hydrogen-bond donors (Lipinski definition) is 2. The average molecular weight is 361 g/mol. The van der Waals surface area contributed by atoms with Gasteiger partial charge in [-0.3, -0.25) is 4.79 Å². The quantitative estimate of drug-likeness (QED) is 0.759. The van der Waals surface area contributed by atoms with Crippen LogP contribution in [0.1, 0.15) is 30.0 Å². The zero-order valence-corrected chi connectivity index (χ0v) is 15.2. The molecule has 3 rings (SSSR count). The fourth-order valence-electron chi connectivity index (χ4n) is 2.81. The van der Waals surface area contributed by atoms with Crippen LogP contribution < -0.4 is 15.4 Å². The van der Waals surface area contributed by atoms with Gasteiger partial charge < -0.3 is 15.4 Å². The first-order valence-corrected chi connectivity index (χ1v) is 8.46. The van der Waals surface area contributed by atoms with E-state index in [1.807, 2.05) is 54.6 Å². The number of methoxy groups -OCH3 is 1. The molecule has 1 unspecified atom stereocenters. The molecule has 25 heavy (non-hydrogen) atoms. The minimum atomic E-state index is -0.224. The highest BCUT2D eigenvalue weighted by molar-refractivity contribution is 5.85. The molecule has 1 aliphatic carbocycles. The van der Waals surface area contributed by atoms with E-state index in [-0.39, 0.29) is 24.4 Å². The Balaban J connectivity index is 0.00000225. The van der Waals surface area contributed by atoms with Gasteiger partial charge in [-0.05, 0) is 36.9 Å². The van der Waals surface area contributed by atoms with Crippen molar-refractivity contribution in [3.05, 3.63) is 65.7 Å². The van der Waals surface area contributed by atoms with Crippen LogP contribution in [0, 0.1) is 5.92 Å². The van der Waals surface area contributed by atoms with Crippen molar-refractivity contribution < 1.29 is 9.53 Å². The van der Waals surface area contributed by atoms with Crippen LogP contribution in [0.15, 0.2) is 54.6 Å². The fraction of sp³-hybridized carbons (Fsp3) is 0.350. The highest BCUT2D eigenvalue weighted by Gasteiger charge is 2.22. The summed E-state index contributed by atoms with van der Waals surface area (Å²) < 4.78 is 5.48. The summed E-state index contributed by atoms with van der Waals surface area (Å²) in [6.45, 7) is 1.27. The first-order chi connectivity index (χ1) is 11.8. The summed E-state index contributed by atoms with van der Waals surface area (Å²) >= 11 is 0. The molecule has 5 heteroatoms. The molecule has 0 saturated heterocycles. The molecule has 0 radical (unpaired) electrons. The van der Waals surface area contributed by atoms with Crippen molar-refractivity contribution >= 4 is 18.3 Å². The summed E-state index contributed by atoms with van der Waals surface area (Å²) in [5.74, 6) is 1.53. The Morgan fingerprint density at radius 2 is 1.80 bits per heavy atom. The number of nitrogens with one attached hydrogen (secondary N) is 2. The molecule has 4 nitrogen and oxygen atoms in total. The van der Waals surface area contributed by atoms with Gasteiger partial charge in [0.15, 0.2) is 0 Å². The number of amides is 1. The van der Waals surface area contributed by atoms with Crippen molar-refractivity contribution in [1.82, 2.24) is 10.6 Å². The van der Waals surface area contributed by atoms with Crippen LogP contribution in [-0.4, -0.2) is 26.1 Å². The second-order valence-corrected chi connectivity index (χ2v) is 6.23. The topological polar surface area (TPSA) is 50.4 Å². The average Bonchev–Trinajstić information content (AvgIpc) is 3.45. The van der Waals surface area contributed by atoms with Gasteiger partial charge in [0.2, 0.25) is 5.91 Å². The summed E-state index contributed by atoms with van der Waals surface area (Å²) in [6.07, 6.45) is 2.56. The summed E-state index contributed by atoms with van der Waals surface area (Å²) in [6, 6.07) is 17.6. The van der Waals surface area contributed by atoms with Crippen LogP contribution in [0.2, 0.25) is 0 Å². The van der Waals surface area contributed by atoms with E-state index in [0.29, 0.717) is 6.54 Å². The third-order valence-electron chi connectivity index (χ3n) is 4.30. The van der Waals surface area contributed by atoms with Gasteiger partial charge in [-0.1, -0.05) is 48.5 Å². The second-order valence-electron chi connectivity index (χ2n) is 6.23. The number of carbonyl (C=O) groups excluding carboxylic acids is 1. The monoisotopic (exact) mass is 360 g/mol. The van der Waals surface area contributed by atoms with Crippen molar-refractivity contribution in [1.29, 1.82) is 0 Å². The molecule has 134 valence electrons. The molecule has 0 aromatic heterocycles. The molecule has 2 aromatic carbocycles. The van der Waals surface area contributed by atoms with Gasteiger partial charge in [0.25, 0.3) is 0 Å². The van der Waals surface area contributed by atoms with Gasteiger partial charge in [-0.2, -0.15) is 0 Å². The van der Waals surface area contributed by atoms with Crippen LogP contribution in [0.5, 0.6) is 5.75 Å². The molecule has 0 bridgehead atoms. The third-order valence-corrected chi connectivity index (χ3v) is 4.30. The van der Waals surface area contributed by atoms with Crippen LogP contribution in [0.25, 0.3) is 0 Å². The Kier molecular flexibility index (Phi) is 7.29. The third kappa shape index (κ3) is 5.48. The minimum absolute atomic E-state index is 0. The van der Waals surface area contributed by atoms with Gasteiger partial charge in [-0.15, -0.1) is 12.4 Å². The van der Waals surface area contributed by atoms with Crippen molar-refractivity contribution in [3.8, 4) is 5.75 Å². The lowest BCUT2D eigenvalue weighted by atomic mass is 9.97. The van der Waals surface area contributed by atoms with Gasteiger partial charge in [0.1, 0.15) is 5.75 Å². The molecule has 1 amide bonds. The standard InChI is InChI=1S/C20H24N2O2.ClH/c1-24-18-10-6-5-9-17(18)20(16-7-3-2-4-8-16)22-19(23)14-21-13-15-11-12-15;/h2-10,15,20-21H,11-14H2,1H3,(H,22,23);1H. The van der Waals surface area contributed by atoms with E-state index >= 15 is 0 Å². The van der Waals surface area contributed by atoms with Crippen molar-refractivity contribution in [2.24, 2.45) is 5.92 Å². The molecule has 0 spiro atoms. The summed E-state index contributed by atoms with van der Waals surface area (Å²) in [4.78, 5) is 12.4. The normalized spacial score (nSPS) is 14.3. The maximum absolute atomic E-state index is 12.4. The number of rotatable bonds is 8.